The van der Waals surface area contributed by atoms with Crippen molar-refractivity contribution in [2.45, 2.75) is 85.7 Å². The van der Waals surface area contributed by atoms with Crippen molar-refractivity contribution in [2.75, 3.05) is 6.16 Å². The first-order valence-electron chi connectivity index (χ1n) is 9.14. The minimum atomic E-state index is 0.0364. The molecule has 1 fully saturated rings. The molecule has 1 aromatic rings. The van der Waals surface area contributed by atoms with Crippen LogP contribution in [0.1, 0.15) is 62.3 Å². The van der Waals surface area contributed by atoms with Crippen LogP contribution in [-0.2, 0) is 6.16 Å². The highest BCUT2D eigenvalue weighted by Gasteiger charge is 2.38. The topological polar surface area (TPSA) is 0 Å². The maximum absolute atomic E-state index is 2.47. The summed E-state index contributed by atoms with van der Waals surface area (Å²) < 4.78 is 0. The van der Waals surface area contributed by atoms with E-state index in [0.29, 0.717) is 0 Å². The van der Waals surface area contributed by atoms with E-state index in [1.807, 2.05) is 0 Å². The van der Waals surface area contributed by atoms with Gasteiger partial charge >= 0.3 is 0 Å². The van der Waals surface area contributed by atoms with Gasteiger partial charge in [0.1, 0.15) is 0 Å². The van der Waals surface area contributed by atoms with E-state index in [9.17, 15) is 0 Å². The van der Waals surface area contributed by atoms with Gasteiger partial charge in [0, 0.05) is 0 Å². The predicted molar refractivity (Wildman–Crippen MR) is 106 cm³/mol. The van der Waals surface area contributed by atoms with E-state index >= 15 is 0 Å². The van der Waals surface area contributed by atoms with Gasteiger partial charge in [0.05, 0.1) is 0 Å². The summed E-state index contributed by atoms with van der Waals surface area (Å²) in [7, 11) is 0.274. The van der Waals surface area contributed by atoms with Gasteiger partial charge in [0.15, 0.2) is 0 Å². The smallest absolute Gasteiger partial charge is 0.00963 e. The van der Waals surface area contributed by atoms with Crippen LogP contribution < -0.4 is 0 Å². The van der Waals surface area contributed by atoms with Crippen LogP contribution in [0.5, 0.6) is 0 Å². The van der Waals surface area contributed by atoms with Crippen LogP contribution >= 0.6 is 15.5 Å². The minimum absolute atomic E-state index is 0.0364. The molecule has 1 aliphatic heterocycles. The van der Waals surface area contributed by atoms with Crippen LogP contribution in [-0.4, -0.2) is 17.5 Å². The maximum Gasteiger partial charge on any atom is -0.00963 e. The average molecular weight is 338 g/mol. The fraction of sp³-hybridized carbons (Fsp3) is 0.800. The van der Waals surface area contributed by atoms with Gasteiger partial charge in [-0.2, -0.15) is 0 Å². The largest absolute Gasteiger partial charge is 0.118 e. The van der Waals surface area contributed by atoms with Crippen molar-refractivity contribution in [1.29, 1.82) is 0 Å². The molecule has 1 aromatic heterocycles. The zero-order valence-corrected chi connectivity index (χ0v) is 17.8. The molecule has 0 amide bonds. The highest BCUT2D eigenvalue weighted by atomic mass is 31.1. The van der Waals surface area contributed by atoms with E-state index in [2.05, 4.69) is 55.4 Å². The summed E-state index contributed by atoms with van der Waals surface area (Å²) in [6.07, 6.45) is 6.01. The SMILES string of the molecule is Cc1c(C)c(C)p(CCP2[C@@H](C(C)C)CC[C@@H]2C(C)C)c1C. The van der Waals surface area contributed by atoms with Gasteiger partial charge in [-0.05, 0) is 97.7 Å². The number of hydrogen-bond acceptors (Lipinski definition) is 0. The Kier molecular flexibility index (Phi) is 6.24. The predicted octanol–water partition coefficient (Wildman–Crippen LogP) is 7.23. The van der Waals surface area contributed by atoms with Crippen molar-refractivity contribution in [2.24, 2.45) is 11.8 Å². The van der Waals surface area contributed by atoms with Gasteiger partial charge in [0.25, 0.3) is 0 Å². The fourth-order valence-corrected chi connectivity index (χ4v) is 12.1. The van der Waals surface area contributed by atoms with Gasteiger partial charge in [-0.1, -0.05) is 35.6 Å². The van der Waals surface area contributed by atoms with E-state index in [-0.39, 0.29) is 15.5 Å². The van der Waals surface area contributed by atoms with Crippen LogP contribution in [0, 0.1) is 39.5 Å². The molecule has 0 radical (unpaired) electrons. The van der Waals surface area contributed by atoms with Crippen molar-refractivity contribution in [1.82, 2.24) is 0 Å². The van der Waals surface area contributed by atoms with Crippen molar-refractivity contribution in [3.05, 3.63) is 21.7 Å². The molecule has 0 unspecified atom stereocenters. The molecule has 0 N–H and O–H groups in total. The second-order valence-corrected chi connectivity index (χ2v) is 13.5. The maximum atomic E-state index is 2.47. The molecule has 0 nitrogen and oxygen atoms in total. The molecule has 2 atom stereocenters. The second-order valence-electron chi connectivity index (χ2n) is 8.01. The molecule has 0 aliphatic carbocycles. The lowest BCUT2D eigenvalue weighted by molar-refractivity contribution is 0.543. The van der Waals surface area contributed by atoms with Crippen molar-refractivity contribution in [3.63, 3.8) is 0 Å². The van der Waals surface area contributed by atoms with Gasteiger partial charge in [-0.15, -0.1) is 7.53 Å². The summed E-state index contributed by atoms with van der Waals surface area (Å²) in [5, 5.41) is 3.45. The molecular weight excluding hydrogens is 302 g/mol. The normalized spacial score (nSPS) is 23.2. The number of rotatable bonds is 5. The molecule has 0 saturated carbocycles. The van der Waals surface area contributed by atoms with Gasteiger partial charge in [0.2, 0.25) is 0 Å². The summed E-state index contributed by atoms with van der Waals surface area (Å²) in [6, 6.07) is 0. The third-order valence-electron chi connectivity index (χ3n) is 6.19. The summed E-state index contributed by atoms with van der Waals surface area (Å²) in [5.74, 6) is 1.78. The highest BCUT2D eigenvalue weighted by molar-refractivity contribution is 7.61. The second kappa shape index (κ2) is 7.40. The number of hydrogen-bond donors (Lipinski definition) is 0. The lowest BCUT2D eigenvalue weighted by Gasteiger charge is -2.30. The molecule has 0 aromatic carbocycles. The van der Waals surface area contributed by atoms with Crippen LogP contribution in [0.3, 0.4) is 0 Å². The van der Waals surface area contributed by atoms with Crippen molar-refractivity contribution < 1.29 is 0 Å². The van der Waals surface area contributed by atoms with E-state index in [0.717, 1.165) is 23.2 Å². The van der Waals surface area contributed by atoms with Gasteiger partial charge in [-0.3, -0.25) is 0 Å². The molecule has 1 saturated heterocycles. The van der Waals surface area contributed by atoms with Gasteiger partial charge in [-0.25, -0.2) is 0 Å². The standard InChI is InChI=1S/C20H36P2/c1-13(2)19-9-10-20(14(3)4)22(19)12-11-21-17(7)15(5)16(6)18(21)8/h13-14,19-20H,9-12H2,1-8H3/t19-,20-/m1/s1. The van der Waals surface area contributed by atoms with Crippen LogP contribution in [0.4, 0.5) is 0 Å². The fourth-order valence-electron chi connectivity index (χ4n) is 4.43. The Labute approximate surface area is 141 Å². The summed E-state index contributed by atoms with van der Waals surface area (Å²) in [5.41, 5.74) is 5.28. The van der Waals surface area contributed by atoms with E-state index in [1.54, 1.807) is 21.7 Å². The molecule has 0 bridgehead atoms. The Hall–Kier alpha value is 0.210. The minimum Gasteiger partial charge on any atom is -0.118 e. The van der Waals surface area contributed by atoms with E-state index in [4.69, 9.17) is 0 Å². The molecule has 126 valence electrons. The first-order valence-corrected chi connectivity index (χ1v) is 12.3. The van der Waals surface area contributed by atoms with Crippen LogP contribution in [0.25, 0.3) is 0 Å². The first kappa shape index (κ1) is 18.5. The molecule has 2 rings (SSSR count). The molecule has 22 heavy (non-hydrogen) atoms. The summed E-state index contributed by atoms with van der Waals surface area (Å²) in [4.78, 5) is 0. The Balaban J connectivity index is 2.16. The zero-order chi connectivity index (χ0) is 16.6. The Bertz CT molecular complexity index is 469. The molecule has 0 spiro atoms. The molecular formula is C20H36P2. The van der Waals surface area contributed by atoms with Crippen molar-refractivity contribution >= 4 is 15.5 Å². The molecule has 1 aliphatic rings. The first-order chi connectivity index (χ1) is 10.3. The molecule has 2 heteroatoms. The monoisotopic (exact) mass is 338 g/mol. The zero-order valence-electron chi connectivity index (χ0n) is 16.0. The van der Waals surface area contributed by atoms with E-state index in [1.165, 1.54) is 25.2 Å². The Morgan fingerprint density at radius 2 is 1.18 bits per heavy atom. The van der Waals surface area contributed by atoms with Gasteiger partial charge < -0.3 is 0 Å². The quantitative estimate of drug-likeness (QED) is 0.497. The third kappa shape index (κ3) is 3.49. The highest BCUT2D eigenvalue weighted by Crippen LogP contribution is 2.61. The third-order valence-corrected chi connectivity index (χ3v) is 13.7. The summed E-state index contributed by atoms with van der Waals surface area (Å²) >= 11 is 0. The molecule has 2 heterocycles. The van der Waals surface area contributed by atoms with Crippen molar-refractivity contribution in [3.8, 4) is 0 Å². The van der Waals surface area contributed by atoms with Crippen LogP contribution in [0.15, 0.2) is 0 Å². The Morgan fingerprint density at radius 3 is 1.55 bits per heavy atom. The average Bonchev–Trinajstić information content (AvgIpc) is 2.95. The van der Waals surface area contributed by atoms with E-state index < -0.39 is 0 Å². The lowest BCUT2D eigenvalue weighted by Crippen LogP contribution is -2.16. The lowest BCUT2D eigenvalue weighted by atomic mass is 10.0. The summed E-state index contributed by atoms with van der Waals surface area (Å²) in [6.45, 7) is 19.4. The Morgan fingerprint density at radius 1 is 0.773 bits per heavy atom. The van der Waals surface area contributed by atoms with Crippen LogP contribution in [0.2, 0.25) is 0 Å².